The Hall–Kier alpha value is -1.71. The van der Waals surface area contributed by atoms with Crippen LogP contribution in [0, 0.1) is 5.82 Å². The molecule has 0 aliphatic carbocycles. The molecule has 0 heterocycles. The molecule has 3 heteroatoms. The van der Waals surface area contributed by atoms with Crippen LogP contribution >= 0.6 is 0 Å². The Morgan fingerprint density at radius 3 is 2.25 bits per heavy atom. The Labute approximate surface area is 119 Å². The molecule has 0 aliphatic rings. The van der Waals surface area contributed by atoms with Gasteiger partial charge in [-0.25, -0.2) is 4.39 Å². The van der Waals surface area contributed by atoms with Crippen molar-refractivity contribution in [1.29, 1.82) is 0 Å². The molecule has 2 atom stereocenters. The van der Waals surface area contributed by atoms with Crippen molar-refractivity contribution in [2.75, 3.05) is 14.2 Å². The first kappa shape index (κ1) is 14.7. The molecule has 0 saturated carbocycles. The fraction of sp³-hybridized carbons (Fsp3) is 0.294. The van der Waals surface area contributed by atoms with Gasteiger partial charge in [0.15, 0.2) is 0 Å². The molecule has 0 saturated heterocycles. The van der Waals surface area contributed by atoms with Crippen LogP contribution in [0.5, 0.6) is 0 Å². The second-order valence-corrected chi connectivity index (χ2v) is 4.79. The summed E-state index contributed by atoms with van der Waals surface area (Å²) in [6.45, 7) is 0. The molecule has 0 fully saturated rings. The van der Waals surface area contributed by atoms with E-state index in [2.05, 4.69) is 17.4 Å². The van der Waals surface area contributed by atoms with Gasteiger partial charge < -0.3 is 10.1 Å². The number of methoxy groups -OCH3 is 1. The predicted octanol–water partition coefficient (Wildman–Crippen LogP) is 3.34. The van der Waals surface area contributed by atoms with Gasteiger partial charge in [0.1, 0.15) is 5.82 Å². The van der Waals surface area contributed by atoms with Crippen LogP contribution < -0.4 is 5.32 Å². The monoisotopic (exact) mass is 273 g/mol. The molecule has 2 nitrogen and oxygen atoms in total. The van der Waals surface area contributed by atoms with Crippen LogP contribution in [0.4, 0.5) is 4.39 Å². The van der Waals surface area contributed by atoms with E-state index in [4.69, 9.17) is 4.74 Å². The summed E-state index contributed by atoms with van der Waals surface area (Å²) in [5.74, 6) is -0.207. The first-order valence-corrected chi connectivity index (χ1v) is 6.74. The fourth-order valence-electron chi connectivity index (χ4n) is 2.41. The SMILES string of the molecule is CNC(Cc1ccc(F)cc1)C(OC)c1ccccc1. The number of likely N-dealkylation sites (N-methyl/N-ethyl adjacent to an activating group) is 1. The first-order valence-electron chi connectivity index (χ1n) is 6.74. The number of nitrogens with one attached hydrogen (secondary N) is 1. The second kappa shape index (κ2) is 7.17. The highest BCUT2D eigenvalue weighted by atomic mass is 19.1. The number of ether oxygens (including phenoxy) is 1. The van der Waals surface area contributed by atoms with E-state index in [9.17, 15) is 4.39 Å². The van der Waals surface area contributed by atoms with E-state index in [0.717, 1.165) is 17.5 Å². The molecule has 0 radical (unpaired) electrons. The highest BCUT2D eigenvalue weighted by molar-refractivity contribution is 5.22. The van der Waals surface area contributed by atoms with E-state index in [1.54, 1.807) is 7.11 Å². The van der Waals surface area contributed by atoms with Crippen molar-refractivity contribution < 1.29 is 9.13 Å². The Morgan fingerprint density at radius 1 is 1.05 bits per heavy atom. The van der Waals surface area contributed by atoms with Gasteiger partial charge in [-0.15, -0.1) is 0 Å². The normalized spacial score (nSPS) is 13.9. The van der Waals surface area contributed by atoms with Crippen LogP contribution in [0.15, 0.2) is 54.6 Å². The van der Waals surface area contributed by atoms with E-state index in [1.165, 1.54) is 12.1 Å². The summed E-state index contributed by atoms with van der Waals surface area (Å²) in [6.07, 6.45) is 0.746. The molecule has 2 aromatic carbocycles. The third-order valence-corrected chi connectivity index (χ3v) is 3.49. The van der Waals surface area contributed by atoms with Crippen LogP contribution in [0.1, 0.15) is 17.2 Å². The molecule has 2 rings (SSSR count). The van der Waals surface area contributed by atoms with Crippen LogP contribution in [0.2, 0.25) is 0 Å². The average Bonchev–Trinajstić information content (AvgIpc) is 2.50. The molecular formula is C17H20FNO. The zero-order valence-corrected chi connectivity index (χ0v) is 11.8. The van der Waals surface area contributed by atoms with Gasteiger partial charge >= 0.3 is 0 Å². The molecule has 2 unspecified atom stereocenters. The van der Waals surface area contributed by atoms with E-state index in [1.807, 2.05) is 37.4 Å². The maximum Gasteiger partial charge on any atom is 0.123 e. The quantitative estimate of drug-likeness (QED) is 0.871. The lowest BCUT2D eigenvalue weighted by atomic mass is 9.96. The van der Waals surface area contributed by atoms with Crippen molar-refractivity contribution >= 4 is 0 Å². The predicted molar refractivity (Wildman–Crippen MR) is 79.1 cm³/mol. The van der Waals surface area contributed by atoms with Crippen molar-refractivity contribution in [2.45, 2.75) is 18.6 Å². The standard InChI is InChI=1S/C17H20FNO/c1-19-16(12-13-8-10-15(18)11-9-13)17(20-2)14-6-4-3-5-7-14/h3-11,16-17,19H,12H2,1-2H3. The van der Waals surface area contributed by atoms with Crippen molar-refractivity contribution in [1.82, 2.24) is 5.32 Å². The number of halogens is 1. The Balaban J connectivity index is 2.15. The summed E-state index contributed by atoms with van der Waals surface area (Å²) in [5, 5.41) is 3.30. The molecule has 106 valence electrons. The number of hydrogen-bond acceptors (Lipinski definition) is 2. The lowest BCUT2D eigenvalue weighted by molar-refractivity contribution is 0.0704. The second-order valence-electron chi connectivity index (χ2n) is 4.79. The summed E-state index contributed by atoms with van der Waals surface area (Å²) in [7, 11) is 3.63. The highest BCUT2D eigenvalue weighted by Crippen LogP contribution is 2.23. The zero-order valence-electron chi connectivity index (χ0n) is 11.8. The van der Waals surface area contributed by atoms with E-state index in [0.29, 0.717) is 0 Å². The van der Waals surface area contributed by atoms with Gasteiger partial charge in [-0.3, -0.25) is 0 Å². The van der Waals surface area contributed by atoms with Crippen LogP contribution in [0.3, 0.4) is 0 Å². The maximum atomic E-state index is 13.0. The van der Waals surface area contributed by atoms with Crippen LogP contribution in [0.25, 0.3) is 0 Å². The Morgan fingerprint density at radius 2 is 1.70 bits per heavy atom. The minimum atomic E-state index is -0.207. The summed E-state index contributed by atoms with van der Waals surface area (Å²) in [4.78, 5) is 0. The molecule has 2 aromatic rings. The molecule has 0 aliphatic heterocycles. The van der Waals surface area contributed by atoms with Crippen molar-refractivity contribution in [2.24, 2.45) is 0 Å². The zero-order chi connectivity index (χ0) is 14.4. The summed E-state index contributed by atoms with van der Waals surface area (Å²) < 4.78 is 18.6. The lowest BCUT2D eigenvalue weighted by Gasteiger charge is -2.26. The van der Waals surface area contributed by atoms with Crippen molar-refractivity contribution in [3.05, 3.63) is 71.5 Å². The first-order chi connectivity index (χ1) is 9.74. The molecule has 0 aromatic heterocycles. The minimum Gasteiger partial charge on any atom is -0.375 e. The fourth-order valence-corrected chi connectivity index (χ4v) is 2.41. The van der Waals surface area contributed by atoms with Crippen molar-refractivity contribution in [3.63, 3.8) is 0 Å². The van der Waals surface area contributed by atoms with Crippen LogP contribution in [-0.2, 0) is 11.2 Å². The summed E-state index contributed by atoms with van der Waals surface area (Å²) >= 11 is 0. The number of hydrogen-bond donors (Lipinski definition) is 1. The van der Waals surface area contributed by atoms with Gasteiger partial charge in [-0.2, -0.15) is 0 Å². The third-order valence-electron chi connectivity index (χ3n) is 3.49. The number of rotatable bonds is 6. The third kappa shape index (κ3) is 3.65. The lowest BCUT2D eigenvalue weighted by Crippen LogP contribution is -2.35. The van der Waals surface area contributed by atoms with Crippen molar-refractivity contribution in [3.8, 4) is 0 Å². The van der Waals surface area contributed by atoms with Crippen LogP contribution in [-0.4, -0.2) is 20.2 Å². The Bertz CT molecular complexity index is 512. The maximum absolute atomic E-state index is 13.0. The van der Waals surface area contributed by atoms with E-state index in [-0.39, 0.29) is 18.0 Å². The molecule has 0 amide bonds. The summed E-state index contributed by atoms with van der Waals surface area (Å²) in [6, 6.07) is 16.9. The van der Waals surface area contributed by atoms with Gasteiger partial charge in [0.25, 0.3) is 0 Å². The highest BCUT2D eigenvalue weighted by Gasteiger charge is 2.21. The smallest absolute Gasteiger partial charge is 0.123 e. The van der Waals surface area contributed by atoms with Gasteiger partial charge in [0.2, 0.25) is 0 Å². The molecular weight excluding hydrogens is 253 g/mol. The molecule has 0 spiro atoms. The summed E-state index contributed by atoms with van der Waals surface area (Å²) in [5.41, 5.74) is 2.22. The van der Waals surface area contributed by atoms with Gasteiger partial charge in [-0.05, 0) is 36.7 Å². The molecule has 0 bridgehead atoms. The van der Waals surface area contributed by atoms with Gasteiger partial charge in [0, 0.05) is 13.2 Å². The Kier molecular flexibility index (Phi) is 5.27. The average molecular weight is 273 g/mol. The van der Waals surface area contributed by atoms with Gasteiger partial charge in [0.05, 0.1) is 6.10 Å². The van der Waals surface area contributed by atoms with Gasteiger partial charge in [-0.1, -0.05) is 42.5 Å². The minimum absolute atomic E-state index is 0.0359. The number of benzene rings is 2. The topological polar surface area (TPSA) is 21.3 Å². The van der Waals surface area contributed by atoms with E-state index < -0.39 is 0 Å². The molecule has 20 heavy (non-hydrogen) atoms. The largest absolute Gasteiger partial charge is 0.375 e. The molecule has 1 N–H and O–H groups in total. The van der Waals surface area contributed by atoms with E-state index >= 15 is 0 Å².